The number of benzene rings is 3. The fourth-order valence-corrected chi connectivity index (χ4v) is 6.76. The molecule has 1 N–H and O–H groups in total. The Morgan fingerprint density at radius 3 is 2.30 bits per heavy atom. The van der Waals surface area contributed by atoms with Crippen LogP contribution in [0.1, 0.15) is 47.2 Å². The standard InChI is InChI=1S/C38H42ClN5O2/c39-33-14-11-27(12-15-33)22-35(41-37(45)31-13-16-34-30(23-31)5-3-17-40-34)38(46)44-20-18-43(19-21-44)36-6-2-1-4-32(36)26-42(24-28-7-8-28)25-29-9-10-29/h1-6,11-17,23,28-29,35H,7-10,18-22,24-26H2,(H,41,45). The Balaban J connectivity index is 1.03. The van der Waals surface area contributed by atoms with Crippen molar-refractivity contribution in [1.29, 1.82) is 0 Å². The Morgan fingerprint density at radius 2 is 1.59 bits per heavy atom. The van der Waals surface area contributed by atoms with Crippen LogP contribution < -0.4 is 10.2 Å². The number of anilines is 1. The maximum Gasteiger partial charge on any atom is 0.251 e. The van der Waals surface area contributed by atoms with Crippen molar-refractivity contribution in [2.24, 2.45) is 11.8 Å². The van der Waals surface area contributed by atoms with E-state index in [1.807, 2.05) is 53.4 Å². The highest BCUT2D eigenvalue weighted by Crippen LogP contribution is 2.35. The Kier molecular flexibility index (Phi) is 9.22. The normalized spacial score (nSPS) is 17.3. The van der Waals surface area contributed by atoms with Crippen molar-refractivity contribution in [1.82, 2.24) is 20.1 Å². The third-order valence-corrected chi connectivity index (χ3v) is 9.82. The number of hydrogen-bond acceptors (Lipinski definition) is 5. The molecule has 1 unspecified atom stereocenters. The number of amides is 2. The van der Waals surface area contributed by atoms with Crippen LogP contribution in [0.4, 0.5) is 5.69 Å². The number of aromatic nitrogens is 1. The third-order valence-electron chi connectivity index (χ3n) is 9.57. The van der Waals surface area contributed by atoms with Gasteiger partial charge in [0.2, 0.25) is 5.91 Å². The summed E-state index contributed by atoms with van der Waals surface area (Å²) < 4.78 is 0. The summed E-state index contributed by atoms with van der Waals surface area (Å²) >= 11 is 6.14. The zero-order chi connectivity index (χ0) is 31.5. The maximum atomic E-state index is 14.1. The van der Waals surface area contributed by atoms with E-state index < -0.39 is 6.04 Å². The Morgan fingerprint density at radius 1 is 0.870 bits per heavy atom. The van der Waals surface area contributed by atoms with Gasteiger partial charge in [-0.2, -0.15) is 0 Å². The number of halogens is 1. The summed E-state index contributed by atoms with van der Waals surface area (Å²) in [6.07, 6.45) is 7.62. The zero-order valence-corrected chi connectivity index (χ0v) is 27.0. The van der Waals surface area contributed by atoms with Crippen molar-refractivity contribution in [3.8, 4) is 0 Å². The molecule has 0 bridgehead atoms. The van der Waals surface area contributed by atoms with Gasteiger partial charge in [0.1, 0.15) is 6.04 Å². The molecule has 2 aliphatic carbocycles. The van der Waals surface area contributed by atoms with Crippen LogP contribution in [0, 0.1) is 11.8 Å². The number of nitrogens with one attached hydrogen (secondary N) is 1. The van der Waals surface area contributed by atoms with E-state index in [9.17, 15) is 9.59 Å². The number of pyridine rings is 1. The minimum Gasteiger partial charge on any atom is -0.368 e. The molecular formula is C38H42ClN5O2. The molecule has 8 heteroatoms. The average molecular weight is 636 g/mol. The van der Waals surface area contributed by atoms with Gasteiger partial charge >= 0.3 is 0 Å². The number of carbonyl (C=O) groups is 2. The van der Waals surface area contributed by atoms with Crippen molar-refractivity contribution in [2.45, 2.75) is 44.7 Å². The van der Waals surface area contributed by atoms with Gasteiger partial charge < -0.3 is 15.1 Å². The molecule has 2 heterocycles. The SMILES string of the molecule is O=C(NC(Cc1ccc(Cl)cc1)C(=O)N1CCN(c2ccccc2CN(CC2CC2)CC2CC2)CC1)c1ccc2ncccc2c1. The molecule has 0 radical (unpaired) electrons. The van der Waals surface area contributed by atoms with E-state index in [0.717, 1.165) is 47.9 Å². The molecule has 0 spiro atoms. The van der Waals surface area contributed by atoms with E-state index >= 15 is 0 Å². The van der Waals surface area contributed by atoms with E-state index in [4.69, 9.17) is 11.6 Å². The lowest BCUT2D eigenvalue weighted by Crippen LogP contribution is -2.55. The first-order chi connectivity index (χ1) is 22.5. The molecule has 3 aliphatic rings. The predicted molar refractivity (Wildman–Crippen MR) is 184 cm³/mol. The third kappa shape index (κ3) is 7.71. The molecule has 3 fully saturated rings. The Hall–Kier alpha value is -3.94. The molecular weight excluding hydrogens is 594 g/mol. The summed E-state index contributed by atoms with van der Waals surface area (Å²) in [6, 6.07) is 24.8. The summed E-state index contributed by atoms with van der Waals surface area (Å²) in [4.78, 5) is 39.0. The number of carbonyl (C=O) groups excluding carboxylic acids is 2. The summed E-state index contributed by atoms with van der Waals surface area (Å²) in [5.74, 6) is 1.42. The molecule has 2 saturated carbocycles. The number of piperazine rings is 1. The maximum absolute atomic E-state index is 14.1. The second kappa shape index (κ2) is 13.8. The fraction of sp³-hybridized carbons (Fsp3) is 0.395. The van der Waals surface area contributed by atoms with Gasteiger partial charge in [-0.15, -0.1) is 0 Å². The molecule has 7 rings (SSSR count). The second-order valence-electron chi connectivity index (χ2n) is 13.3. The van der Waals surface area contributed by atoms with Gasteiger partial charge in [0.15, 0.2) is 0 Å². The zero-order valence-electron chi connectivity index (χ0n) is 26.3. The first-order valence-corrected chi connectivity index (χ1v) is 17.1. The van der Waals surface area contributed by atoms with Crippen LogP contribution in [0.15, 0.2) is 85.1 Å². The summed E-state index contributed by atoms with van der Waals surface area (Å²) in [7, 11) is 0. The highest BCUT2D eigenvalue weighted by Gasteiger charge is 2.32. The average Bonchev–Trinajstić information content (AvgIpc) is 4.03. The Labute approximate surface area is 276 Å². The van der Waals surface area contributed by atoms with E-state index in [1.54, 1.807) is 12.3 Å². The van der Waals surface area contributed by atoms with Crippen LogP contribution in [0.25, 0.3) is 10.9 Å². The minimum absolute atomic E-state index is 0.0567. The summed E-state index contributed by atoms with van der Waals surface area (Å²) in [6.45, 7) is 6.14. The van der Waals surface area contributed by atoms with Crippen LogP contribution in [-0.2, 0) is 17.8 Å². The fourth-order valence-electron chi connectivity index (χ4n) is 6.63. The van der Waals surface area contributed by atoms with Crippen molar-refractivity contribution in [3.63, 3.8) is 0 Å². The van der Waals surface area contributed by atoms with Crippen LogP contribution in [-0.4, -0.2) is 71.9 Å². The van der Waals surface area contributed by atoms with Crippen LogP contribution in [0.2, 0.25) is 5.02 Å². The molecule has 3 aromatic carbocycles. The van der Waals surface area contributed by atoms with Gasteiger partial charge in [0.05, 0.1) is 5.52 Å². The molecule has 238 valence electrons. The quantitative estimate of drug-likeness (QED) is 0.201. The molecule has 1 aliphatic heterocycles. The monoisotopic (exact) mass is 635 g/mol. The van der Waals surface area contributed by atoms with E-state index in [1.165, 1.54) is 50.0 Å². The molecule has 1 saturated heterocycles. The van der Waals surface area contributed by atoms with Crippen molar-refractivity contribution in [2.75, 3.05) is 44.2 Å². The second-order valence-corrected chi connectivity index (χ2v) is 13.7. The van der Waals surface area contributed by atoms with Gasteiger partial charge in [-0.05, 0) is 91.1 Å². The molecule has 46 heavy (non-hydrogen) atoms. The van der Waals surface area contributed by atoms with Gasteiger partial charge in [-0.25, -0.2) is 0 Å². The van der Waals surface area contributed by atoms with E-state index in [-0.39, 0.29) is 11.8 Å². The van der Waals surface area contributed by atoms with Gasteiger partial charge in [0, 0.05) is 80.1 Å². The lowest BCUT2D eigenvalue weighted by Gasteiger charge is -2.39. The van der Waals surface area contributed by atoms with Crippen molar-refractivity contribution < 1.29 is 9.59 Å². The van der Waals surface area contributed by atoms with Gasteiger partial charge in [-0.3, -0.25) is 19.5 Å². The predicted octanol–water partition coefficient (Wildman–Crippen LogP) is 6.20. The molecule has 7 nitrogen and oxygen atoms in total. The molecule has 2 amide bonds. The number of hydrogen-bond donors (Lipinski definition) is 1. The number of para-hydroxylation sites is 1. The van der Waals surface area contributed by atoms with E-state index in [0.29, 0.717) is 30.1 Å². The highest BCUT2D eigenvalue weighted by molar-refractivity contribution is 6.30. The van der Waals surface area contributed by atoms with Gasteiger partial charge in [-0.1, -0.05) is 48.0 Å². The number of nitrogens with zero attached hydrogens (tertiary/aromatic N) is 4. The Bertz CT molecular complexity index is 1660. The van der Waals surface area contributed by atoms with Gasteiger partial charge in [0.25, 0.3) is 5.91 Å². The summed E-state index contributed by atoms with van der Waals surface area (Å²) in [5, 5.41) is 4.59. The topological polar surface area (TPSA) is 68.8 Å². The summed E-state index contributed by atoms with van der Waals surface area (Å²) in [5.41, 5.74) is 4.93. The minimum atomic E-state index is -0.699. The first kappa shape index (κ1) is 30.7. The van der Waals surface area contributed by atoms with Crippen LogP contribution in [0.3, 0.4) is 0 Å². The molecule has 1 atom stereocenters. The lowest BCUT2D eigenvalue weighted by atomic mass is 10.0. The number of rotatable bonds is 12. The van der Waals surface area contributed by atoms with Crippen molar-refractivity contribution >= 4 is 40.0 Å². The highest BCUT2D eigenvalue weighted by atomic mass is 35.5. The van der Waals surface area contributed by atoms with Crippen LogP contribution >= 0.6 is 11.6 Å². The van der Waals surface area contributed by atoms with Crippen LogP contribution in [0.5, 0.6) is 0 Å². The lowest BCUT2D eigenvalue weighted by molar-refractivity contribution is -0.133. The molecule has 1 aromatic heterocycles. The van der Waals surface area contributed by atoms with Crippen molar-refractivity contribution in [3.05, 3.63) is 107 Å². The first-order valence-electron chi connectivity index (χ1n) is 16.7. The van der Waals surface area contributed by atoms with E-state index in [2.05, 4.69) is 44.4 Å². The number of fused-ring (bicyclic) bond motifs is 1. The smallest absolute Gasteiger partial charge is 0.251 e. The largest absolute Gasteiger partial charge is 0.368 e. The molecule has 4 aromatic rings.